The van der Waals surface area contributed by atoms with Crippen molar-refractivity contribution in [2.24, 2.45) is 0 Å². The molecule has 0 aliphatic rings. The van der Waals surface area contributed by atoms with Gasteiger partial charge in [-0.1, -0.05) is 109 Å². The van der Waals surface area contributed by atoms with Crippen LogP contribution in [0, 0.1) is 0 Å². The first-order chi connectivity index (χ1) is 23.9. The second kappa shape index (κ2) is 15.6. The standard InChI is InChI=1S/C43H38N2O4/c1-30(48-40-25-17-36(18-26-40)34-9-5-3-6-10-34)42(46)44-38-21-13-32(14-22-38)29-33-15-23-39(24-16-33)45-43(47)31(2)49-41-27-19-37(20-28-41)35-11-7-4-8-12-35/h3-28,30-31H,29H2,1-2H3,(H,44,46)(H,45,47). The van der Waals surface area contributed by atoms with Gasteiger partial charge in [-0.15, -0.1) is 0 Å². The van der Waals surface area contributed by atoms with E-state index in [9.17, 15) is 9.59 Å². The first-order valence-corrected chi connectivity index (χ1v) is 16.3. The number of benzene rings is 6. The summed E-state index contributed by atoms with van der Waals surface area (Å²) in [7, 11) is 0. The molecule has 6 rings (SSSR count). The zero-order valence-electron chi connectivity index (χ0n) is 27.5. The SMILES string of the molecule is CC(Oc1ccc(-c2ccccc2)cc1)C(=O)Nc1ccc(Cc2ccc(NC(=O)C(C)Oc3ccc(-c4ccccc4)cc3)cc2)cc1. The van der Waals surface area contributed by atoms with E-state index in [0.29, 0.717) is 29.3 Å². The lowest BCUT2D eigenvalue weighted by Crippen LogP contribution is -2.30. The summed E-state index contributed by atoms with van der Waals surface area (Å²) in [5.41, 5.74) is 8.02. The molecule has 0 saturated carbocycles. The molecule has 0 heterocycles. The minimum absolute atomic E-state index is 0.224. The highest BCUT2D eigenvalue weighted by Crippen LogP contribution is 2.25. The molecule has 0 radical (unpaired) electrons. The van der Waals surface area contributed by atoms with Gasteiger partial charge in [-0.2, -0.15) is 0 Å². The topological polar surface area (TPSA) is 76.7 Å². The molecule has 0 fully saturated rings. The van der Waals surface area contributed by atoms with Gasteiger partial charge < -0.3 is 20.1 Å². The summed E-state index contributed by atoms with van der Waals surface area (Å²) < 4.78 is 11.8. The second-order valence-corrected chi connectivity index (χ2v) is 11.9. The summed E-state index contributed by atoms with van der Waals surface area (Å²) in [6.45, 7) is 3.47. The molecule has 2 unspecified atom stereocenters. The highest BCUT2D eigenvalue weighted by atomic mass is 16.5. The van der Waals surface area contributed by atoms with Gasteiger partial charge in [0.25, 0.3) is 11.8 Å². The highest BCUT2D eigenvalue weighted by molar-refractivity contribution is 5.94. The van der Waals surface area contributed by atoms with Gasteiger partial charge in [0.2, 0.25) is 0 Å². The van der Waals surface area contributed by atoms with Crippen LogP contribution in [0.5, 0.6) is 11.5 Å². The van der Waals surface area contributed by atoms with Crippen molar-refractivity contribution in [1.82, 2.24) is 0 Å². The Morgan fingerprint density at radius 3 is 1.12 bits per heavy atom. The molecular formula is C43H38N2O4. The summed E-state index contributed by atoms with van der Waals surface area (Å²) >= 11 is 0. The summed E-state index contributed by atoms with van der Waals surface area (Å²) in [6, 6.07) is 51.2. The van der Waals surface area contributed by atoms with E-state index in [0.717, 1.165) is 33.4 Å². The molecule has 0 aliphatic carbocycles. The van der Waals surface area contributed by atoms with E-state index in [1.54, 1.807) is 13.8 Å². The number of hydrogen-bond donors (Lipinski definition) is 2. The molecule has 0 saturated heterocycles. The fourth-order valence-electron chi connectivity index (χ4n) is 5.36. The van der Waals surface area contributed by atoms with Crippen LogP contribution in [0.2, 0.25) is 0 Å². The van der Waals surface area contributed by atoms with Gasteiger partial charge in [-0.3, -0.25) is 9.59 Å². The van der Waals surface area contributed by atoms with Crippen LogP contribution in [-0.2, 0) is 16.0 Å². The lowest BCUT2D eigenvalue weighted by molar-refractivity contribution is -0.122. The molecule has 0 spiro atoms. The Kier molecular flexibility index (Phi) is 10.5. The Hall–Kier alpha value is -6.14. The number of hydrogen-bond acceptors (Lipinski definition) is 4. The summed E-state index contributed by atoms with van der Waals surface area (Å²) in [4.78, 5) is 25.6. The van der Waals surface area contributed by atoms with Crippen LogP contribution in [0.15, 0.2) is 158 Å². The van der Waals surface area contributed by atoms with Crippen molar-refractivity contribution < 1.29 is 19.1 Å². The average Bonchev–Trinajstić information content (AvgIpc) is 3.14. The number of carbonyl (C=O) groups excluding carboxylic acids is 2. The van der Waals surface area contributed by atoms with Gasteiger partial charge in [-0.05, 0) is 102 Å². The second-order valence-electron chi connectivity index (χ2n) is 11.9. The summed E-state index contributed by atoms with van der Waals surface area (Å²) in [6.07, 6.45) is -0.621. The van der Waals surface area contributed by atoms with Gasteiger partial charge in [0, 0.05) is 11.4 Å². The van der Waals surface area contributed by atoms with Crippen LogP contribution in [-0.4, -0.2) is 24.0 Å². The van der Waals surface area contributed by atoms with Crippen LogP contribution < -0.4 is 20.1 Å². The average molecular weight is 647 g/mol. The molecule has 6 heteroatoms. The Morgan fingerprint density at radius 1 is 0.449 bits per heavy atom. The van der Waals surface area contributed by atoms with E-state index < -0.39 is 12.2 Å². The lowest BCUT2D eigenvalue weighted by atomic mass is 10.0. The van der Waals surface area contributed by atoms with Crippen LogP contribution in [0.4, 0.5) is 11.4 Å². The van der Waals surface area contributed by atoms with Crippen molar-refractivity contribution in [3.8, 4) is 33.8 Å². The Balaban J connectivity index is 0.950. The smallest absolute Gasteiger partial charge is 0.265 e. The van der Waals surface area contributed by atoms with E-state index in [-0.39, 0.29) is 11.8 Å². The molecule has 0 aliphatic heterocycles. The monoisotopic (exact) mass is 646 g/mol. The predicted octanol–water partition coefficient (Wildman–Crippen LogP) is 9.42. The van der Waals surface area contributed by atoms with Gasteiger partial charge in [0.15, 0.2) is 12.2 Å². The van der Waals surface area contributed by atoms with E-state index in [2.05, 4.69) is 34.9 Å². The third kappa shape index (κ3) is 9.02. The molecule has 6 aromatic rings. The van der Waals surface area contributed by atoms with Crippen LogP contribution in [0.1, 0.15) is 25.0 Å². The molecule has 2 N–H and O–H groups in total. The molecule has 244 valence electrons. The zero-order valence-corrected chi connectivity index (χ0v) is 27.5. The van der Waals surface area contributed by atoms with Crippen molar-refractivity contribution in [1.29, 1.82) is 0 Å². The number of carbonyl (C=O) groups is 2. The molecule has 2 atom stereocenters. The maximum absolute atomic E-state index is 12.8. The Morgan fingerprint density at radius 2 is 0.776 bits per heavy atom. The van der Waals surface area contributed by atoms with Gasteiger partial charge in [0.1, 0.15) is 11.5 Å². The third-order valence-corrected chi connectivity index (χ3v) is 8.14. The van der Waals surface area contributed by atoms with Crippen molar-refractivity contribution in [2.45, 2.75) is 32.5 Å². The van der Waals surface area contributed by atoms with E-state index in [4.69, 9.17) is 9.47 Å². The largest absolute Gasteiger partial charge is 0.481 e. The van der Waals surface area contributed by atoms with E-state index in [1.165, 1.54) is 0 Å². The fraction of sp³-hybridized carbons (Fsp3) is 0.116. The minimum Gasteiger partial charge on any atom is -0.481 e. The molecular weight excluding hydrogens is 608 g/mol. The van der Waals surface area contributed by atoms with Crippen molar-refractivity contribution in [3.63, 3.8) is 0 Å². The molecule has 0 bridgehead atoms. The summed E-state index contributed by atoms with van der Waals surface area (Å²) in [5.74, 6) is 0.823. The van der Waals surface area contributed by atoms with Crippen LogP contribution in [0.3, 0.4) is 0 Å². The zero-order chi connectivity index (χ0) is 34.0. The fourth-order valence-corrected chi connectivity index (χ4v) is 5.36. The molecule has 2 amide bonds. The number of anilines is 2. The quantitative estimate of drug-likeness (QED) is 0.139. The van der Waals surface area contributed by atoms with Crippen LogP contribution >= 0.6 is 0 Å². The highest BCUT2D eigenvalue weighted by Gasteiger charge is 2.16. The maximum Gasteiger partial charge on any atom is 0.265 e. The lowest BCUT2D eigenvalue weighted by Gasteiger charge is -2.16. The number of rotatable bonds is 12. The number of nitrogens with one attached hydrogen (secondary N) is 2. The van der Waals surface area contributed by atoms with Crippen molar-refractivity contribution >= 4 is 23.2 Å². The first kappa shape index (κ1) is 32.8. The van der Waals surface area contributed by atoms with Gasteiger partial charge >= 0.3 is 0 Å². The molecule has 49 heavy (non-hydrogen) atoms. The maximum atomic E-state index is 12.8. The molecule has 6 nitrogen and oxygen atoms in total. The molecule has 0 aromatic heterocycles. The van der Waals surface area contributed by atoms with E-state index in [1.807, 2.05) is 133 Å². The normalized spacial score (nSPS) is 12.0. The first-order valence-electron chi connectivity index (χ1n) is 16.3. The van der Waals surface area contributed by atoms with Gasteiger partial charge in [0.05, 0.1) is 0 Å². The number of ether oxygens (including phenoxy) is 2. The Bertz CT molecular complexity index is 1810. The third-order valence-electron chi connectivity index (χ3n) is 8.14. The molecule has 6 aromatic carbocycles. The summed E-state index contributed by atoms with van der Waals surface area (Å²) in [5, 5.41) is 5.87. The van der Waals surface area contributed by atoms with E-state index >= 15 is 0 Å². The van der Waals surface area contributed by atoms with Crippen LogP contribution in [0.25, 0.3) is 22.3 Å². The Labute approximate surface area is 287 Å². The van der Waals surface area contributed by atoms with Crippen molar-refractivity contribution in [2.75, 3.05) is 10.6 Å². The van der Waals surface area contributed by atoms with Crippen molar-refractivity contribution in [3.05, 3.63) is 169 Å². The number of amides is 2. The van der Waals surface area contributed by atoms with Gasteiger partial charge in [-0.25, -0.2) is 0 Å². The minimum atomic E-state index is -0.665. The predicted molar refractivity (Wildman–Crippen MR) is 197 cm³/mol.